The third-order valence-corrected chi connectivity index (χ3v) is 3.66. The van der Waals surface area contributed by atoms with Crippen molar-refractivity contribution in [3.8, 4) is 11.8 Å². The number of amides is 1. The molecule has 0 saturated heterocycles. The Balaban J connectivity index is 1.99. The highest BCUT2D eigenvalue weighted by Gasteiger charge is 2.24. The van der Waals surface area contributed by atoms with Crippen LogP contribution in [0.15, 0.2) is 24.3 Å². The van der Waals surface area contributed by atoms with Crippen LogP contribution >= 0.6 is 0 Å². The van der Waals surface area contributed by atoms with E-state index in [4.69, 9.17) is 5.73 Å². The molecule has 19 heavy (non-hydrogen) atoms. The Labute approximate surface area is 114 Å². The van der Waals surface area contributed by atoms with Crippen molar-refractivity contribution in [1.82, 2.24) is 5.32 Å². The average molecular weight is 256 g/mol. The van der Waals surface area contributed by atoms with Gasteiger partial charge in [-0.1, -0.05) is 25.2 Å². The molecule has 100 valence electrons. The van der Waals surface area contributed by atoms with Gasteiger partial charge in [-0.3, -0.25) is 4.79 Å². The number of rotatable bonds is 2. The van der Waals surface area contributed by atoms with E-state index in [1.54, 1.807) is 0 Å². The fourth-order valence-corrected chi connectivity index (χ4v) is 2.47. The van der Waals surface area contributed by atoms with Gasteiger partial charge >= 0.3 is 0 Å². The predicted molar refractivity (Wildman–Crippen MR) is 76.6 cm³/mol. The monoisotopic (exact) mass is 256 g/mol. The minimum atomic E-state index is 0.0112. The van der Waals surface area contributed by atoms with Crippen molar-refractivity contribution in [2.45, 2.75) is 32.2 Å². The predicted octanol–water partition coefficient (Wildman–Crippen LogP) is 1.92. The molecule has 3 heteroatoms. The normalized spacial score (nSPS) is 21.6. The summed E-state index contributed by atoms with van der Waals surface area (Å²) in [6, 6.07) is 7.67. The van der Waals surface area contributed by atoms with E-state index in [0.717, 1.165) is 12.0 Å². The first-order chi connectivity index (χ1) is 9.20. The molecular weight excluding hydrogens is 236 g/mol. The lowest BCUT2D eigenvalue weighted by Crippen LogP contribution is -2.36. The van der Waals surface area contributed by atoms with Gasteiger partial charge in [-0.05, 0) is 43.0 Å². The van der Waals surface area contributed by atoms with Gasteiger partial charge in [-0.2, -0.15) is 0 Å². The SMILES string of the molecule is CC1CCCC1NC(=O)c1ccc(C#CCN)cc1. The summed E-state index contributed by atoms with van der Waals surface area (Å²) in [6.07, 6.45) is 3.51. The van der Waals surface area contributed by atoms with E-state index in [1.165, 1.54) is 12.8 Å². The molecule has 1 aliphatic rings. The summed E-state index contributed by atoms with van der Waals surface area (Å²) in [6.45, 7) is 2.55. The van der Waals surface area contributed by atoms with Crippen molar-refractivity contribution in [1.29, 1.82) is 0 Å². The van der Waals surface area contributed by atoms with Crippen LogP contribution < -0.4 is 11.1 Å². The number of hydrogen-bond donors (Lipinski definition) is 2. The molecule has 1 aromatic carbocycles. The number of carbonyl (C=O) groups is 1. The summed E-state index contributed by atoms with van der Waals surface area (Å²) in [5.41, 5.74) is 6.90. The number of benzene rings is 1. The van der Waals surface area contributed by atoms with Gasteiger partial charge in [0.15, 0.2) is 0 Å². The fraction of sp³-hybridized carbons (Fsp3) is 0.438. The lowest BCUT2D eigenvalue weighted by Gasteiger charge is -2.17. The van der Waals surface area contributed by atoms with E-state index in [2.05, 4.69) is 24.1 Å². The van der Waals surface area contributed by atoms with Crippen LogP contribution in [0, 0.1) is 17.8 Å². The van der Waals surface area contributed by atoms with Gasteiger partial charge in [-0.15, -0.1) is 0 Å². The maximum Gasteiger partial charge on any atom is 0.251 e. The van der Waals surface area contributed by atoms with E-state index < -0.39 is 0 Å². The van der Waals surface area contributed by atoms with Gasteiger partial charge in [0.25, 0.3) is 5.91 Å². The molecule has 2 rings (SSSR count). The van der Waals surface area contributed by atoms with Crippen molar-refractivity contribution < 1.29 is 4.79 Å². The molecular formula is C16H20N2O. The molecule has 1 aliphatic carbocycles. The Morgan fingerprint density at radius 1 is 1.37 bits per heavy atom. The van der Waals surface area contributed by atoms with Crippen LogP contribution in [0.3, 0.4) is 0 Å². The third-order valence-electron chi connectivity index (χ3n) is 3.66. The van der Waals surface area contributed by atoms with E-state index in [1.807, 2.05) is 24.3 Å². The van der Waals surface area contributed by atoms with Crippen molar-refractivity contribution in [2.75, 3.05) is 6.54 Å². The molecule has 0 aromatic heterocycles. The van der Waals surface area contributed by atoms with Crippen molar-refractivity contribution in [2.24, 2.45) is 11.7 Å². The largest absolute Gasteiger partial charge is 0.349 e. The molecule has 1 amide bonds. The average Bonchev–Trinajstić information content (AvgIpc) is 2.82. The van der Waals surface area contributed by atoms with Crippen LogP contribution in [0.5, 0.6) is 0 Å². The van der Waals surface area contributed by atoms with Gasteiger partial charge in [0, 0.05) is 17.2 Å². The summed E-state index contributed by atoms with van der Waals surface area (Å²) in [7, 11) is 0. The summed E-state index contributed by atoms with van der Waals surface area (Å²) in [4.78, 5) is 12.1. The molecule has 2 atom stereocenters. The number of nitrogens with one attached hydrogen (secondary N) is 1. The van der Waals surface area contributed by atoms with Crippen LogP contribution in [-0.2, 0) is 0 Å². The summed E-state index contributed by atoms with van der Waals surface area (Å²) >= 11 is 0. The smallest absolute Gasteiger partial charge is 0.251 e. The minimum absolute atomic E-state index is 0.0112. The van der Waals surface area contributed by atoms with Gasteiger partial charge in [0.2, 0.25) is 0 Å². The molecule has 0 aliphatic heterocycles. The zero-order valence-electron chi connectivity index (χ0n) is 11.3. The molecule has 0 bridgehead atoms. The van der Waals surface area contributed by atoms with Gasteiger partial charge in [0.05, 0.1) is 6.54 Å². The van der Waals surface area contributed by atoms with E-state index in [-0.39, 0.29) is 5.91 Å². The first-order valence-corrected chi connectivity index (χ1v) is 6.80. The highest BCUT2D eigenvalue weighted by molar-refractivity contribution is 5.94. The van der Waals surface area contributed by atoms with E-state index >= 15 is 0 Å². The Hall–Kier alpha value is -1.79. The lowest BCUT2D eigenvalue weighted by molar-refractivity contribution is 0.0929. The molecule has 0 spiro atoms. The Bertz CT molecular complexity index is 496. The first-order valence-electron chi connectivity index (χ1n) is 6.80. The summed E-state index contributed by atoms with van der Waals surface area (Å²) < 4.78 is 0. The molecule has 1 saturated carbocycles. The second-order valence-electron chi connectivity index (χ2n) is 5.07. The molecule has 2 unspecified atom stereocenters. The standard InChI is InChI=1S/C16H20N2O/c1-12-4-2-6-15(12)18-16(19)14-9-7-13(8-10-14)5-3-11-17/h7-10,12,15H,2,4,6,11,17H2,1H3,(H,18,19). The quantitative estimate of drug-likeness (QED) is 0.794. The molecule has 3 N–H and O–H groups in total. The fourth-order valence-electron chi connectivity index (χ4n) is 2.47. The van der Waals surface area contributed by atoms with Crippen LogP contribution in [0.2, 0.25) is 0 Å². The zero-order chi connectivity index (χ0) is 13.7. The van der Waals surface area contributed by atoms with E-state index in [9.17, 15) is 4.79 Å². The molecule has 3 nitrogen and oxygen atoms in total. The van der Waals surface area contributed by atoms with Crippen LogP contribution in [0.25, 0.3) is 0 Å². The summed E-state index contributed by atoms with van der Waals surface area (Å²) in [5, 5.41) is 3.11. The van der Waals surface area contributed by atoms with Crippen LogP contribution in [0.4, 0.5) is 0 Å². The van der Waals surface area contributed by atoms with Crippen molar-refractivity contribution in [3.05, 3.63) is 35.4 Å². The van der Waals surface area contributed by atoms with Gasteiger partial charge < -0.3 is 11.1 Å². The van der Waals surface area contributed by atoms with E-state index in [0.29, 0.717) is 24.1 Å². The van der Waals surface area contributed by atoms with Crippen LogP contribution in [0.1, 0.15) is 42.1 Å². The number of nitrogens with two attached hydrogens (primary N) is 1. The molecule has 1 aromatic rings. The van der Waals surface area contributed by atoms with Crippen LogP contribution in [-0.4, -0.2) is 18.5 Å². The second-order valence-corrected chi connectivity index (χ2v) is 5.07. The van der Waals surface area contributed by atoms with Crippen molar-refractivity contribution >= 4 is 5.91 Å². The second kappa shape index (κ2) is 6.40. The van der Waals surface area contributed by atoms with Gasteiger partial charge in [-0.25, -0.2) is 0 Å². The highest BCUT2D eigenvalue weighted by Crippen LogP contribution is 2.25. The molecule has 0 radical (unpaired) electrons. The molecule has 0 heterocycles. The topological polar surface area (TPSA) is 55.1 Å². The lowest BCUT2D eigenvalue weighted by atomic mass is 10.1. The third kappa shape index (κ3) is 3.59. The first kappa shape index (κ1) is 13.6. The Morgan fingerprint density at radius 2 is 2.11 bits per heavy atom. The van der Waals surface area contributed by atoms with Gasteiger partial charge in [0.1, 0.15) is 0 Å². The number of hydrogen-bond acceptors (Lipinski definition) is 2. The number of carbonyl (C=O) groups excluding carboxylic acids is 1. The maximum absolute atomic E-state index is 12.1. The maximum atomic E-state index is 12.1. The van der Waals surface area contributed by atoms with Crippen molar-refractivity contribution in [3.63, 3.8) is 0 Å². The Kier molecular flexibility index (Phi) is 4.59. The highest BCUT2D eigenvalue weighted by atomic mass is 16.1. The summed E-state index contributed by atoms with van der Waals surface area (Å²) in [5.74, 6) is 6.33. The Morgan fingerprint density at radius 3 is 2.68 bits per heavy atom. The molecule has 1 fully saturated rings. The zero-order valence-corrected chi connectivity index (χ0v) is 11.3. The minimum Gasteiger partial charge on any atom is -0.349 e.